The van der Waals surface area contributed by atoms with Gasteiger partial charge in [0.25, 0.3) is 0 Å². The van der Waals surface area contributed by atoms with Gasteiger partial charge in [-0.15, -0.1) is 0 Å². The Balaban J connectivity index is 1.93. The molecule has 2 rings (SSSR count). The van der Waals surface area contributed by atoms with E-state index in [0.717, 1.165) is 11.7 Å². The summed E-state index contributed by atoms with van der Waals surface area (Å²) < 4.78 is 4.66. The third-order valence-corrected chi connectivity index (χ3v) is 5.60. The number of aromatic nitrogens is 1. The highest BCUT2D eigenvalue weighted by molar-refractivity contribution is 7.17. The van der Waals surface area contributed by atoms with Gasteiger partial charge in [-0.1, -0.05) is 39.0 Å². The van der Waals surface area contributed by atoms with Gasteiger partial charge in [0.15, 0.2) is 5.13 Å². The van der Waals surface area contributed by atoms with Gasteiger partial charge >= 0.3 is 5.97 Å². The zero-order valence-electron chi connectivity index (χ0n) is 11.5. The molecule has 1 N–H and O–H groups in total. The van der Waals surface area contributed by atoms with Gasteiger partial charge in [0, 0.05) is 6.54 Å². The van der Waals surface area contributed by atoms with Crippen LogP contribution in [0.1, 0.15) is 37.4 Å². The van der Waals surface area contributed by atoms with Crippen LogP contribution in [0.3, 0.4) is 0 Å². The van der Waals surface area contributed by atoms with Crippen molar-refractivity contribution in [2.24, 2.45) is 16.7 Å². The van der Waals surface area contributed by atoms with Crippen LogP contribution in [0.25, 0.3) is 0 Å². The fraction of sp³-hybridized carbons (Fsp3) is 0.692. The normalized spacial score (nSPS) is 20.5. The van der Waals surface area contributed by atoms with E-state index >= 15 is 0 Å². The van der Waals surface area contributed by atoms with Crippen molar-refractivity contribution < 1.29 is 9.53 Å². The van der Waals surface area contributed by atoms with Crippen molar-refractivity contribution in [3.05, 3.63) is 11.1 Å². The van der Waals surface area contributed by atoms with Crippen molar-refractivity contribution in [3.63, 3.8) is 0 Å². The van der Waals surface area contributed by atoms with Gasteiger partial charge in [-0.05, 0) is 16.7 Å². The Hall–Kier alpha value is -1.10. The fourth-order valence-electron chi connectivity index (χ4n) is 2.58. The largest absolute Gasteiger partial charge is 0.465 e. The van der Waals surface area contributed by atoms with Crippen LogP contribution < -0.4 is 5.32 Å². The first-order chi connectivity index (χ1) is 8.30. The lowest BCUT2D eigenvalue weighted by atomic mass is 10.0. The molecule has 1 aromatic rings. The van der Waals surface area contributed by atoms with E-state index in [9.17, 15) is 4.79 Å². The quantitative estimate of drug-likeness (QED) is 0.853. The number of hydrogen-bond acceptors (Lipinski definition) is 5. The van der Waals surface area contributed by atoms with E-state index in [1.807, 2.05) is 0 Å². The number of nitrogens with zero attached hydrogens (tertiary/aromatic N) is 1. The summed E-state index contributed by atoms with van der Waals surface area (Å²) in [5.41, 5.74) is 0.727. The summed E-state index contributed by atoms with van der Waals surface area (Å²) >= 11 is 1.34. The van der Waals surface area contributed by atoms with Crippen molar-refractivity contribution >= 4 is 22.4 Å². The van der Waals surface area contributed by atoms with Crippen LogP contribution in [-0.4, -0.2) is 24.6 Å². The number of methoxy groups -OCH3 is 1. The fourth-order valence-corrected chi connectivity index (χ4v) is 3.32. The minimum atomic E-state index is -0.326. The maximum absolute atomic E-state index is 11.3. The van der Waals surface area contributed by atoms with E-state index in [2.05, 4.69) is 42.7 Å². The van der Waals surface area contributed by atoms with E-state index in [4.69, 9.17) is 0 Å². The number of ether oxygens (including phenoxy) is 1. The lowest BCUT2D eigenvalue weighted by Crippen LogP contribution is -2.07. The van der Waals surface area contributed by atoms with Crippen LogP contribution >= 0.6 is 11.3 Å². The van der Waals surface area contributed by atoms with Crippen molar-refractivity contribution in [3.8, 4) is 0 Å². The molecule has 1 aliphatic carbocycles. The minimum Gasteiger partial charge on any atom is -0.465 e. The van der Waals surface area contributed by atoms with E-state index in [1.54, 1.807) is 6.20 Å². The Morgan fingerprint density at radius 3 is 2.56 bits per heavy atom. The van der Waals surface area contributed by atoms with Crippen molar-refractivity contribution in [1.82, 2.24) is 4.98 Å². The number of hydrogen-bond donors (Lipinski definition) is 1. The molecule has 4 nitrogen and oxygen atoms in total. The number of rotatable bonds is 4. The molecule has 5 heteroatoms. The SMILES string of the molecule is COC(=O)c1cnc(NCC2C(C)(C)C2(C)C)s1. The molecule has 0 spiro atoms. The topological polar surface area (TPSA) is 51.2 Å². The summed E-state index contributed by atoms with van der Waals surface area (Å²) in [6.45, 7) is 10.1. The number of thiazole rings is 1. The van der Waals surface area contributed by atoms with Crippen LogP contribution in [0, 0.1) is 16.7 Å². The Morgan fingerprint density at radius 1 is 1.44 bits per heavy atom. The molecule has 1 saturated carbocycles. The zero-order valence-corrected chi connectivity index (χ0v) is 12.4. The van der Waals surface area contributed by atoms with Crippen LogP contribution in [-0.2, 0) is 4.74 Å². The Morgan fingerprint density at radius 2 is 2.06 bits per heavy atom. The summed E-state index contributed by atoms with van der Waals surface area (Å²) in [5.74, 6) is 0.308. The van der Waals surface area contributed by atoms with Crippen molar-refractivity contribution in [2.45, 2.75) is 27.7 Å². The second kappa shape index (κ2) is 4.23. The first kappa shape index (κ1) is 13.3. The molecule has 0 radical (unpaired) electrons. The van der Waals surface area contributed by atoms with Crippen LogP contribution in [0.5, 0.6) is 0 Å². The third kappa shape index (κ3) is 2.00. The number of carbonyl (C=O) groups excluding carboxylic acids is 1. The number of anilines is 1. The molecule has 0 saturated heterocycles. The van der Waals surface area contributed by atoms with Gasteiger partial charge < -0.3 is 10.1 Å². The predicted octanol–water partition coefficient (Wildman–Crippen LogP) is 3.02. The molecule has 1 fully saturated rings. The van der Waals surface area contributed by atoms with E-state index in [-0.39, 0.29) is 5.97 Å². The van der Waals surface area contributed by atoms with Crippen molar-refractivity contribution in [1.29, 1.82) is 0 Å². The highest BCUT2D eigenvalue weighted by atomic mass is 32.1. The molecule has 0 amide bonds. The molecule has 18 heavy (non-hydrogen) atoms. The predicted molar refractivity (Wildman–Crippen MR) is 73.0 cm³/mol. The number of nitrogens with one attached hydrogen (secondary N) is 1. The lowest BCUT2D eigenvalue weighted by molar-refractivity contribution is 0.0606. The van der Waals surface area contributed by atoms with Crippen LogP contribution in [0.4, 0.5) is 5.13 Å². The van der Waals surface area contributed by atoms with Gasteiger partial charge in [-0.25, -0.2) is 9.78 Å². The molecular weight excluding hydrogens is 248 g/mol. The van der Waals surface area contributed by atoms with E-state index < -0.39 is 0 Å². The molecule has 0 atom stereocenters. The summed E-state index contributed by atoms with van der Waals surface area (Å²) in [4.78, 5) is 16.0. The molecule has 1 heterocycles. The average molecular weight is 268 g/mol. The van der Waals surface area contributed by atoms with Crippen LogP contribution in [0.2, 0.25) is 0 Å². The van der Waals surface area contributed by atoms with E-state index in [0.29, 0.717) is 21.6 Å². The Kier molecular flexibility index (Phi) is 3.13. The zero-order chi connectivity index (χ0) is 13.6. The van der Waals surface area contributed by atoms with E-state index in [1.165, 1.54) is 18.4 Å². The highest BCUT2D eigenvalue weighted by Gasteiger charge is 2.64. The summed E-state index contributed by atoms with van der Waals surface area (Å²) in [5, 5.41) is 4.10. The summed E-state index contributed by atoms with van der Waals surface area (Å²) in [6.07, 6.45) is 1.56. The van der Waals surface area contributed by atoms with Crippen LogP contribution in [0.15, 0.2) is 6.20 Å². The standard InChI is InChI=1S/C13H20N2O2S/c1-12(2)9(13(12,3)4)7-15-11-14-6-8(18-11)10(16)17-5/h6,9H,7H2,1-5H3,(H,14,15). The molecule has 0 aromatic carbocycles. The van der Waals surface area contributed by atoms with Gasteiger partial charge in [-0.2, -0.15) is 0 Å². The average Bonchev–Trinajstić information content (AvgIpc) is 2.70. The molecule has 0 aliphatic heterocycles. The molecular formula is C13H20N2O2S. The molecule has 1 aromatic heterocycles. The monoisotopic (exact) mass is 268 g/mol. The number of esters is 1. The minimum absolute atomic E-state index is 0.326. The highest BCUT2D eigenvalue weighted by Crippen LogP contribution is 2.68. The Bertz CT molecular complexity index is 451. The van der Waals surface area contributed by atoms with Gasteiger partial charge in [0.2, 0.25) is 0 Å². The number of carbonyl (C=O) groups is 1. The molecule has 0 bridgehead atoms. The molecule has 100 valence electrons. The summed E-state index contributed by atoms with van der Waals surface area (Å²) in [7, 11) is 1.38. The maximum atomic E-state index is 11.3. The maximum Gasteiger partial charge on any atom is 0.349 e. The Labute approximate surface area is 112 Å². The lowest BCUT2D eigenvalue weighted by Gasteiger charge is -2.04. The van der Waals surface area contributed by atoms with Gasteiger partial charge in [-0.3, -0.25) is 0 Å². The second-order valence-corrected chi connectivity index (χ2v) is 6.93. The smallest absolute Gasteiger partial charge is 0.349 e. The first-order valence-electron chi connectivity index (χ1n) is 6.08. The second-order valence-electron chi connectivity index (χ2n) is 5.90. The van der Waals surface area contributed by atoms with Gasteiger partial charge in [0.05, 0.1) is 13.3 Å². The summed E-state index contributed by atoms with van der Waals surface area (Å²) in [6, 6.07) is 0. The molecule has 0 unspecified atom stereocenters. The third-order valence-electron chi connectivity index (χ3n) is 4.67. The first-order valence-corrected chi connectivity index (χ1v) is 6.90. The molecule has 1 aliphatic rings. The van der Waals surface area contributed by atoms with Gasteiger partial charge in [0.1, 0.15) is 4.88 Å². The van der Waals surface area contributed by atoms with Crippen molar-refractivity contribution in [2.75, 3.05) is 19.0 Å².